The molecule has 0 aliphatic heterocycles. The van der Waals surface area contributed by atoms with Gasteiger partial charge in [0.1, 0.15) is 0 Å². The third-order valence-electron chi connectivity index (χ3n) is 2.48. The van der Waals surface area contributed by atoms with E-state index in [9.17, 15) is 0 Å². The number of thioether (sulfide) groups is 1. The fourth-order valence-corrected chi connectivity index (χ4v) is 2.98. The average Bonchev–Trinajstić information content (AvgIpc) is 2.79. The second-order valence-corrected chi connectivity index (χ2v) is 6.19. The number of nitrogens with one attached hydrogen (secondary N) is 1. The van der Waals surface area contributed by atoms with Crippen molar-refractivity contribution in [2.75, 3.05) is 17.7 Å². The summed E-state index contributed by atoms with van der Waals surface area (Å²) >= 11 is 3.01. The number of nitrogens with zero attached hydrogens (tertiary/aromatic N) is 2. The topological polar surface area (TPSA) is 58.0 Å². The lowest BCUT2D eigenvalue weighted by atomic mass is 10.1. The van der Waals surface area contributed by atoms with Crippen LogP contribution in [0.25, 0.3) is 0 Å². The summed E-state index contributed by atoms with van der Waals surface area (Å²) in [6, 6.07) is 6.21. The van der Waals surface area contributed by atoms with E-state index >= 15 is 0 Å². The van der Waals surface area contributed by atoms with E-state index in [0.29, 0.717) is 5.75 Å². The van der Waals surface area contributed by atoms with Crippen LogP contribution in [0.4, 0.5) is 10.8 Å². The maximum Gasteiger partial charge on any atom is 0.210 e. The summed E-state index contributed by atoms with van der Waals surface area (Å²) in [7, 11) is 0. The Balaban J connectivity index is 2.04. The molecular formula is C12H15N3OS2. The Labute approximate surface area is 114 Å². The molecule has 0 unspecified atom stereocenters. The molecule has 96 valence electrons. The number of aliphatic hydroxyl groups excluding tert-OH is 1. The van der Waals surface area contributed by atoms with Crippen molar-refractivity contribution in [3.05, 3.63) is 29.3 Å². The van der Waals surface area contributed by atoms with Gasteiger partial charge in [0.2, 0.25) is 5.13 Å². The van der Waals surface area contributed by atoms with E-state index < -0.39 is 0 Å². The quantitative estimate of drug-likeness (QED) is 0.825. The van der Waals surface area contributed by atoms with E-state index in [2.05, 4.69) is 41.5 Å². The standard InChI is InChI=1S/C12H15N3OS2/c1-8-3-4-10(7-9(8)2)13-11-14-15-12(18-11)17-6-5-16/h3-4,7,16H,5-6H2,1-2H3,(H,13,14). The molecule has 1 aromatic heterocycles. The van der Waals surface area contributed by atoms with Gasteiger partial charge in [-0.1, -0.05) is 29.2 Å². The van der Waals surface area contributed by atoms with Crippen LogP contribution in [0, 0.1) is 13.8 Å². The molecule has 6 heteroatoms. The highest BCUT2D eigenvalue weighted by molar-refractivity contribution is 8.01. The Kier molecular flexibility index (Phi) is 4.57. The van der Waals surface area contributed by atoms with Crippen LogP contribution in [0.15, 0.2) is 22.5 Å². The first-order valence-electron chi connectivity index (χ1n) is 5.60. The first-order valence-corrected chi connectivity index (χ1v) is 7.40. The number of benzene rings is 1. The molecule has 18 heavy (non-hydrogen) atoms. The molecule has 0 amide bonds. The molecule has 4 nitrogen and oxygen atoms in total. The summed E-state index contributed by atoms with van der Waals surface area (Å²) in [6.07, 6.45) is 0. The molecule has 2 rings (SSSR count). The molecule has 0 aliphatic rings. The van der Waals surface area contributed by atoms with E-state index in [1.165, 1.54) is 34.2 Å². The van der Waals surface area contributed by atoms with Gasteiger partial charge >= 0.3 is 0 Å². The van der Waals surface area contributed by atoms with Crippen LogP contribution in [0.1, 0.15) is 11.1 Å². The highest BCUT2D eigenvalue weighted by atomic mass is 32.2. The first-order chi connectivity index (χ1) is 8.69. The van der Waals surface area contributed by atoms with E-state index in [1.807, 2.05) is 6.07 Å². The summed E-state index contributed by atoms with van der Waals surface area (Å²) in [5.74, 6) is 0.651. The van der Waals surface area contributed by atoms with E-state index in [0.717, 1.165) is 15.2 Å². The SMILES string of the molecule is Cc1ccc(Nc2nnc(SCCO)s2)cc1C. The smallest absolute Gasteiger partial charge is 0.210 e. The molecular weight excluding hydrogens is 266 g/mol. The van der Waals surface area contributed by atoms with Crippen LogP contribution >= 0.6 is 23.1 Å². The summed E-state index contributed by atoms with van der Waals surface area (Å²) in [4.78, 5) is 0. The fourth-order valence-electron chi connectivity index (χ4n) is 1.39. The van der Waals surface area contributed by atoms with Crippen molar-refractivity contribution in [1.82, 2.24) is 10.2 Å². The monoisotopic (exact) mass is 281 g/mol. The minimum atomic E-state index is 0.157. The molecule has 1 aromatic carbocycles. The third-order valence-corrected chi connectivity index (χ3v) is 4.43. The Morgan fingerprint density at radius 3 is 2.83 bits per heavy atom. The van der Waals surface area contributed by atoms with E-state index in [-0.39, 0.29) is 6.61 Å². The van der Waals surface area contributed by atoms with Crippen LogP contribution in [-0.2, 0) is 0 Å². The molecule has 0 bridgehead atoms. The van der Waals surface area contributed by atoms with Gasteiger partial charge in [0.25, 0.3) is 0 Å². The summed E-state index contributed by atoms with van der Waals surface area (Å²) in [6.45, 7) is 4.33. The van der Waals surface area contributed by atoms with Crippen LogP contribution < -0.4 is 5.32 Å². The lowest BCUT2D eigenvalue weighted by Gasteiger charge is -2.05. The minimum absolute atomic E-state index is 0.157. The molecule has 2 N–H and O–H groups in total. The molecule has 0 fully saturated rings. The Morgan fingerprint density at radius 2 is 2.11 bits per heavy atom. The number of aromatic nitrogens is 2. The molecule has 0 aliphatic carbocycles. The van der Waals surface area contributed by atoms with Crippen molar-refractivity contribution in [3.63, 3.8) is 0 Å². The van der Waals surface area contributed by atoms with Gasteiger partial charge in [0.05, 0.1) is 6.61 Å². The van der Waals surface area contributed by atoms with Crippen LogP contribution in [0.5, 0.6) is 0 Å². The van der Waals surface area contributed by atoms with Gasteiger partial charge in [-0.05, 0) is 37.1 Å². The number of rotatable bonds is 5. The average molecular weight is 281 g/mol. The molecule has 0 atom stereocenters. The normalized spacial score (nSPS) is 10.6. The maximum absolute atomic E-state index is 8.75. The first kappa shape index (κ1) is 13.3. The van der Waals surface area contributed by atoms with Gasteiger partial charge in [0, 0.05) is 11.4 Å². The molecule has 0 saturated heterocycles. The van der Waals surface area contributed by atoms with Crippen LogP contribution in [0.2, 0.25) is 0 Å². The number of hydrogen-bond acceptors (Lipinski definition) is 6. The van der Waals surface area contributed by atoms with Crippen molar-refractivity contribution >= 4 is 33.9 Å². The lowest BCUT2D eigenvalue weighted by molar-refractivity contribution is 0.322. The van der Waals surface area contributed by atoms with Crippen molar-refractivity contribution in [2.24, 2.45) is 0 Å². The second kappa shape index (κ2) is 6.17. The summed E-state index contributed by atoms with van der Waals surface area (Å²) < 4.78 is 0.871. The van der Waals surface area contributed by atoms with Gasteiger partial charge in [-0.15, -0.1) is 10.2 Å². The van der Waals surface area contributed by atoms with Gasteiger partial charge in [-0.25, -0.2) is 0 Å². The van der Waals surface area contributed by atoms with E-state index in [4.69, 9.17) is 5.11 Å². The lowest BCUT2D eigenvalue weighted by Crippen LogP contribution is -1.91. The molecule has 0 radical (unpaired) electrons. The summed E-state index contributed by atoms with van der Waals surface area (Å²) in [5, 5.41) is 20.9. The number of hydrogen-bond donors (Lipinski definition) is 2. The number of aryl methyl sites for hydroxylation is 2. The Bertz CT molecular complexity index is 528. The van der Waals surface area contributed by atoms with Gasteiger partial charge in [-0.3, -0.25) is 0 Å². The summed E-state index contributed by atoms with van der Waals surface area (Å²) in [5.41, 5.74) is 3.55. The van der Waals surface area contributed by atoms with Gasteiger partial charge in [0.15, 0.2) is 4.34 Å². The molecule has 0 saturated carbocycles. The zero-order chi connectivity index (χ0) is 13.0. The van der Waals surface area contributed by atoms with E-state index in [1.54, 1.807) is 0 Å². The Morgan fingerprint density at radius 1 is 1.28 bits per heavy atom. The van der Waals surface area contributed by atoms with Crippen molar-refractivity contribution in [1.29, 1.82) is 0 Å². The van der Waals surface area contributed by atoms with Crippen LogP contribution in [-0.4, -0.2) is 27.7 Å². The van der Waals surface area contributed by atoms with Crippen molar-refractivity contribution < 1.29 is 5.11 Å². The fraction of sp³-hybridized carbons (Fsp3) is 0.333. The highest BCUT2D eigenvalue weighted by Gasteiger charge is 2.05. The Hall–Kier alpha value is -1.11. The minimum Gasteiger partial charge on any atom is -0.396 e. The molecule has 0 spiro atoms. The zero-order valence-corrected chi connectivity index (χ0v) is 11.9. The molecule has 1 heterocycles. The van der Waals surface area contributed by atoms with Crippen LogP contribution in [0.3, 0.4) is 0 Å². The third kappa shape index (κ3) is 3.44. The zero-order valence-electron chi connectivity index (χ0n) is 10.3. The molecule has 2 aromatic rings. The predicted octanol–water partition coefficient (Wildman–Crippen LogP) is 2.98. The van der Waals surface area contributed by atoms with Gasteiger partial charge in [-0.2, -0.15) is 0 Å². The predicted molar refractivity (Wildman–Crippen MR) is 76.9 cm³/mol. The van der Waals surface area contributed by atoms with Gasteiger partial charge < -0.3 is 10.4 Å². The second-order valence-electron chi connectivity index (χ2n) is 3.87. The highest BCUT2D eigenvalue weighted by Crippen LogP contribution is 2.27. The largest absolute Gasteiger partial charge is 0.396 e. The maximum atomic E-state index is 8.75. The van der Waals surface area contributed by atoms with Crippen molar-refractivity contribution in [2.45, 2.75) is 18.2 Å². The van der Waals surface area contributed by atoms with Crippen molar-refractivity contribution in [3.8, 4) is 0 Å². The number of anilines is 2. The number of aliphatic hydroxyl groups is 1.